The molecule has 0 radical (unpaired) electrons. The molecule has 4 N–H and O–H groups in total. The monoisotopic (exact) mass is 682 g/mol. The Morgan fingerprint density at radius 2 is 0.692 bits per heavy atom. The molecule has 6 aromatic rings. The molecule has 0 amide bonds. The van der Waals surface area contributed by atoms with Gasteiger partial charge in [0.25, 0.3) is 0 Å². The summed E-state index contributed by atoms with van der Waals surface area (Å²) in [6.07, 6.45) is 0. The van der Waals surface area contributed by atoms with E-state index < -0.39 is 0 Å². The molecule has 264 valence electrons. The average molecular weight is 683 g/mol. The van der Waals surface area contributed by atoms with Gasteiger partial charge in [-0.25, -0.2) is 0 Å². The third kappa shape index (κ3) is 7.39. The Balaban J connectivity index is 0.000000201. The van der Waals surface area contributed by atoms with Crippen LogP contribution < -0.4 is 11.5 Å². The standard InChI is InChI=1S/C25H29N.C25H25N/c2*1-16-17(2)23(19(4)21-12-8-6-9-13-21)25(26)24(18(16)3)20(5)22-14-10-7-11-15-22/h6-15,19-20H,26H2,1-5H3;6-15H,4-5,26H2,1-3H3/t19-,20-;/m1./s1. The molecule has 0 fully saturated rings. The van der Waals surface area contributed by atoms with Crippen LogP contribution in [0.25, 0.3) is 11.1 Å². The van der Waals surface area contributed by atoms with E-state index in [0.717, 1.165) is 44.8 Å². The molecule has 0 unspecified atom stereocenters. The van der Waals surface area contributed by atoms with E-state index in [1.807, 2.05) is 36.4 Å². The van der Waals surface area contributed by atoms with Crippen molar-refractivity contribution in [1.29, 1.82) is 0 Å². The van der Waals surface area contributed by atoms with Crippen molar-refractivity contribution in [2.75, 3.05) is 11.5 Å². The highest BCUT2D eigenvalue weighted by atomic mass is 14.6. The van der Waals surface area contributed by atoms with E-state index in [-0.39, 0.29) is 11.8 Å². The predicted molar refractivity (Wildman–Crippen MR) is 227 cm³/mol. The van der Waals surface area contributed by atoms with Crippen LogP contribution in [0.2, 0.25) is 0 Å². The van der Waals surface area contributed by atoms with Crippen LogP contribution in [0.15, 0.2) is 134 Å². The second-order valence-corrected chi connectivity index (χ2v) is 14.1. The number of hydrogen-bond acceptors (Lipinski definition) is 2. The number of rotatable bonds is 8. The molecule has 0 aliphatic heterocycles. The molecule has 2 heteroatoms. The molecule has 0 aromatic heterocycles. The van der Waals surface area contributed by atoms with Gasteiger partial charge >= 0.3 is 0 Å². The smallest absolute Gasteiger partial charge is 0.0479 e. The van der Waals surface area contributed by atoms with E-state index in [1.54, 1.807) is 0 Å². The molecule has 6 rings (SSSR count). The number of nitrogens with two attached hydrogens (primary N) is 2. The summed E-state index contributed by atoms with van der Waals surface area (Å²) < 4.78 is 0. The van der Waals surface area contributed by atoms with Crippen LogP contribution in [-0.4, -0.2) is 0 Å². The topological polar surface area (TPSA) is 52.0 Å². The molecule has 0 aliphatic rings. The van der Waals surface area contributed by atoms with Gasteiger partial charge in [-0.1, -0.05) is 148 Å². The molecule has 0 saturated heterocycles. The van der Waals surface area contributed by atoms with E-state index in [9.17, 15) is 0 Å². The first-order valence-corrected chi connectivity index (χ1v) is 18.2. The van der Waals surface area contributed by atoms with Crippen LogP contribution in [0.4, 0.5) is 11.4 Å². The molecule has 0 spiro atoms. The van der Waals surface area contributed by atoms with Crippen molar-refractivity contribution < 1.29 is 0 Å². The maximum atomic E-state index is 6.83. The van der Waals surface area contributed by atoms with Crippen LogP contribution in [-0.2, 0) is 0 Å². The van der Waals surface area contributed by atoms with Gasteiger partial charge in [0.1, 0.15) is 0 Å². The van der Waals surface area contributed by atoms with Gasteiger partial charge in [-0.3, -0.25) is 0 Å². The summed E-state index contributed by atoms with van der Waals surface area (Å²) >= 11 is 0. The summed E-state index contributed by atoms with van der Waals surface area (Å²) in [4.78, 5) is 0. The van der Waals surface area contributed by atoms with Crippen molar-refractivity contribution in [3.63, 3.8) is 0 Å². The molecule has 2 atom stereocenters. The molecule has 6 aromatic carbocycles. The minimum atomic E-state index is 0.275. The molecular weight excluding hydrogens is 629 g/mol. The van der Waals surface area contributed by atoms with E-state index in [2.05, 4.69) is 153 Å². The molecule has 0 heterocycles. The fraction of sp³-hybridized carbons (Fsp3) is 0.200. The van der Waals surface area contributed by atoms with Gasteiger partial charge in [0, 0.05) is 34.3 Å². The van der Waals surface area contributed by atoms with E-state index in [1.165, 1.54) is 55.6 Å². The summed E-state index contributed by atoms with van der Waals surface area (Å²) in [5.74, 6) is 0.550. The zero-order chi connectivity index (χ0) is 37.7. The average Bonchev–Trinajstić information content (AvgIpc) is 3.17. The third-order valence-electron chi connectivity index (χ3n) is 11.2. The third-order valence-corrected chi connectivity index (χ3v) is 11.2. The summed E-state index contributed by atoms with van der Waals surface area (Å²) in [7, 11) is 0. The lowest BCUT2D eigenvalue weighted by atomic mass is 9.79. The minimum absolute atomic E-state index is 0.275. The van der Waals surface area contributed by atoms with Crippen molar-refractivity contribution in [2.24, 2.45) is 0 Å². The first-order chi connectivity index (χ1) is 24.9. The van der Waals surface area contributed by atoms with Crippen LogP contribution in [0, 0.1) is 41.5 Å². The summed E-state index contributed by atoms with van der Waals surface area (Å²) in [6, 6.07) is 41.7. The molecule has 0 saturated carbocycles. The van der Waals surface area contributed by atoms with E-state index in [0.29, 0.717) is 0 Å². The van der Waals surface area contributed by atoms with E-state index in [4.69, 9.17) is 11.5 Å². The predicted octanol–water partition coefficient (Wildman–Crippen LogP) is 12.8. The number of benzene rings is 6. The Morgan fingerprint density at radius 3 is 1.02 bits per heavy atom. The second-order valence-electron chi connectivity index (χ2n) is 14.1. The minimum Gasteiger partial charge on any atom is -0.398 e. The van der Waals surface area contributed by atoms with Crippen LogP contribution >= 0.6 is 0 Å². The first-order valence-electron chi connectivity index (χ1n) is 18.2. The van der Waals surface area contributed by atoms with Crippen LogP contribution in [0.1, 0.15) is 104 Å². The Hall–Kier alpha value is -5.60. The second kappa shape index (κ2) is 16.2. The van der Waals surface area contributed by atoms with Gasteiger partial charge in [0.15, 0.2) is 0 Å². The largest absolute Gasteiger partial charge is 0.398 e. The Labute approximate surface area is 312 Å². The lowest BCUT2D eigenvalue weighted by Crippen LogP contribution is -2.13. The van der Waals surface area contributed by atoms with Crippen LogP contribution in [0.3, 0.4) is 0 Å². The van der Waals surface area contributed by atoms with Gasteiger partial charge < -0.3 is 11.5 Å². The highest BCUT2D eigenvalue weighted by Crippen LogP contribution is 2.42. The molecule has 0 bridgehead atoms. The number of anilines is 2. The first kappa shape index (κ1) is 37.7. The number of hydrogen-bond donors (Lipinski definition) is 2. The lowest BCUT2D eigenvalue weighted by Gasteiger charge is -2.27. The van der Waals surface area contributed by atoms with Gasteiger partial charge in [-0.05, 0) is 119 Å². The zero-order valence-electron chi connectivity index (χ0n) is 32.3. The SMILES string of the molecule is C=C(c1ccccc1)c1c(C)c(C)c(C)c(C(=C)c2ccccc2)c1N.Cc1c(C)c([C@H](C)c2ccccc2)c(N)c([C@H](C)c2ccccc2)c1C. The van der Waals surface area contributed by atoms with E-state index >= 15 is 0 Å². The number of nitrogen functional groups attached to an aromatic ring is 2. The Morgan fingerprint density at radius 1 is 0.404 bits per heavy atom. The van der Waals surface area contributed by atoms with Gasteiger partial charge in [-0.15, -0.1) is 0 Å². The fourth-order valence-corrected chi connectivity index (χ4v) is 7.70. The van der Waals surface area contributed by atoms with Crippen LogP contribution in [0.5, 0.6) is 0 Å². The summed E-state index contributed by atoms with van der Waals surface area (Å²) in [5.41, 5.74) is 34.1. The Bertz CT molecular complexity index is 2040. The van der Waals surface area contributed by atoms with Crippen molar-refractivity contribution in [3.05, 3.63) is 212 Å². The lowest BCUT2D eigenvalue weighted by molar-refractivity contribution is 0.870. The van der Waals surface area contributed by atoms with Gasteiger partial charge in [0.2, 0.25) is 0 Å². The normalized spacial score (nSPS) is 12.0. The maximum absolute atomic E-state index is 6.83. The van der Waals surface area contributed by atoms with Gasteiger partial charge in [0.05, 0.1) is 0 Å². The highest BCUT2D eigenvalue weighted by molar-refractivity contribution is 5.95. The zero-order valence-corrected chi connectivity index (χ0v) is 32.3. The highest BCUT2D eigenvalue weighted by Gasteiger charge is 2.24. The molecule has 52 heavy (non-hydrogen) atoms. The summed E-state index contributed by atoms with van der Waals surface area (Å²) in [5, 5.41) is 0. The van der Waals surface area contributed by atoms with Gasteiger partial charge in [-0.2, -0.15) is 0 Å². The van der Waals surface area contributed by atoms with Crippen molar-refractivity contribution >= 4 is 22.5 Å². The van der Waals surface area contributed by atoms with Crippen molar-refractivity contribution in [3.8, 4) is 0 Å². The van der Waals surface area contributed by atoms with Crippen molar-refractivity contribution in [1.82, 2.24) is 0 Å². The Kier molecular flexibility index (Phi) is 11.7. The fourth-order valence-electron chi connectivity index (χ4n) is 7.70. The summed E-state index contributed by atoms with van der Waals surface area (Å²) in [6.45, 7) is 26.3. The molecule has 0 aliphatic carbocycles. The maximum Gasteiger partial charge on any atom is 0.0479 e. The molecular formula is C50H54N2. The van der Waals surface area contributed by atoms with Crippen molar-refractivity contribution in [2.45, 2.75) is 67.2 Å². The quantitative estimate of drug-likeness (QED) is 0.157. The molecule has 2 nitrogen and oxygen atoms in total.